The molecule has 1 aromatic heterocycles. The molecular weight excluding hydrogens is 222 g/mol. The summed E-state index contributed by atoms with van der Waals surface area (Å²) in [6.07, 6.45) is 2.16. The van der Waals surface area contributed by atoms with Crippen molar-refractivity contribution in [2.75, 3.05) is 6.54 Å². The van der Waals surface area contributed by atoms with E-state index >= 15 is 0 Å². The standard InChI is InChI=1S/C11H15N3O3/c1-7-5-8(14-13-7)9(15)12-6-11(10(16)17)3-2-4-11/h5H,2-4,6H2,1H3,(H,12,15)(H,13,14)(H,16,17). The van der Waals surface area contributed by atoms with Crippen LogP contribution in [0, 0.1) is 12.3 Å². The van der Waals surface area contributed by atoms with Gasteiger partial charge in [-0.2, -0.15) is 5.10 Å². The van der Waals surface area contributed by atoms with E-state index in [4.69, 9.17) is 5.11 Å². The van der Waals surface area contributed by atoms with E-state index < -0.39 is 11.4 Å². The van der Waals surface area contributed by atoms with Gasteiger partial charge in [0.1, 0.15) is 5.69 Å². The molecule has 0 radical (unpaired) electrons. The molecular formula is C11H15N3O3. The average molecular weight is 237 g/mol. The van der Waals surface area contributed by atoms with E-state index in [1.54, 1.807) is 13.0 Å². The Hall–Kier alpha value is -1.85. The van der Waals surface area contributed by atoms with E-state index in [-0.39, 0.29) is 12.5 Å². The molecule has 6 nitrogen and oxygen atoms in total. The van der Waals surface area contributed by atoms with Crippen LogP contribution in [0.25, 0.3) is 0 Å². The number of hydrogen-bond donors (Lipinski definition) is 3. The molecule has 6 heteroatoms. The number of carboxylic acid groups (broad SMARTS) is 1. The second-order valence-electron chi connectivity index (χ2n) is 4.56. The zero-order valence-electron chi connectivity index (χ0n) is 9.62. The second-order valence-corrected chi connectivity index (χ2v) is 4.56. The van der Waals surface area contributed by atoms with Gasteiger partial charge in [0, 0.05) is 12.2 Å². The summed E-state index contributed by atoms with van der Waals surface area (Å²) in [4.78, 5) is 22.8. The molecule has 3 N–H and O–H groups in total. The lowest BCUT2D eigenvalue weighted by Crippen LogP contribution is -2.47. The maximum Gasteiger partial charge on any atom is 0.311 e. The third-order valence-electron chi connectivity index (χ3n) is 3.29. The number of nitrogens with one attached hydrogen (secondary N) is 2. The van der Waals surface area contributed by atoms with Gasteiger partial charge in [-0.3, -0.25) is 14.7 Å². The number of carboxylic acids is 1. The van der Waals surface area contributed by atoms with Crippen LogP contribution in [-0.4, -0.2) is 33.7 Å². The summed E-state index contributed by atoms with van der Waals surface area (Å²) in [6, 6.07) is 1.63. The highest BCUT2D eigenvalue weighted by Crippen LogP contribution is 2.40. The monoisotopic (exact) mass is 237 g/mol. The molecule has 2 rings (SSSR count). The lowest BCUT2D eigenvalue weighted by atomic mass is 9.69. The zero-order chi connectivity index (χ0) is 12.5. The predicted octanol–water partition coefficient (Wildman–Crippen LogP) is 0.703. The molecule has 1 aliphatic rings. The molecule has 1 fully saturated rings. The predicted molar refractivity (Wildman–Crippen MR) is 59.6 cm³/mol. The van der Waals surface area contributed by atoms with E-state index in [9.17, 15) is 9.59 Å². The van der Waals surface area contributed by atoms with E-state index in [2.05, 4.69) is 15.5 Å². The lowest BCUT2D eigenvalue weighted by molar-refractivity contribution is -0.153. The van der Waals surface area contributed by atoms with Crippen molar-refractivity contribution in [3.05, 3.63) is 17.5 Å². The molecule has 0 saturated heterocycles. The van der Waals surface area contributed by atoms with Gasteiger partial charge in [0.2, 0.25) is 0 Å². The second kappa shape index (κ2) is 4.20. The van der Waals surface area contributed by atoms with Crippen LogP contribution in [0.15, 0.2) is 6.07 Å². The molecule has 0 aromatic carbocycles. The topological polar surface area (TPSA) is 95.1 Å². The third-order valence-corrected chi connectivity index (χ3v) is 3.29. The van der Waals surface area contributed by atoms with Crippen molar-refractivity contribution in [1.82, 2.24) is 15.5 Å². The van der Waals surface area contributed by atoms with Crippen molar-refractivity contribution in [3.63, 3.8) is 0 Å². The molecule has 1 aromatic rings. The normalized spacial score (nSPS) is 17.2. The minimum absolute atomic E-state index is 0.174. The van der Waals surface area contributed by atoms with Crippen molar-refractivity contribution in [1.29, 1.82) is 0 Å². The zero-order valence-corrected chi connectivity index (χ0v) is 9.62. The molecule has 92 valence electrons. The summed E-state index contributed by atoms with van der Waals surface area (Å²) in [6.45, 7) is 1.97. The number of rotatable bonds is 4. The van der Waals surface area contributed by atoms with Crippen LogP contribution in [0.4, 0.5) is 0 Å². The number of aryl methyl sites for hydroxylation is 1. The first-order valence-electron chi connectivity index (χ1n) is 5.57. The van der Waals surface area contributed by atoms with Crippen molar-refractivity contribution in [2.24, 2.45) is 5.41 Å². The lowest BCUT2D eigenvalue weighted by Gasteiger charge is -2.37. The highest BCUT2D eigenvalue weighted by molar-refractivity contribution is 5.92. The fourth-order valence-electron chi connectivity index (χ4n) is 1.94. The van der Waals surface area contributed by atoms with Crippen LogP contribution in [0.5, 0.6) is 0 Å². The first-order valence-corrected chi connectivity index (χ1v) is 5.57. The quantitative estimate of drug-likeness (QED) is 0.718. The third kappa shape index (κ3) is 2.15. The fraction of sp³-hybridized carbons (Fsp3) is 0.545. The Morgan fingerprint density at radius 3 is 2.71 bits per heavy atom. The van der Waals surface area contributed by atoms with Gasteiger partial charge in [-0.25, -0.2) is 0 Å². The molecule has 0 atom stereocenters. The van der Waals surface area contributed by atoms with Crippen molar-refractivity contribution in [3.8, 4) is 0 Å². The molecule has 0 aliphatic heterocycles. The van der Waals surface area contributed by atoms with Gasteiger partial charge in [0.25, 0.3) is 5.91 Å². The van der Waals surface area contributed by atoms with Gasteiger partial charge >= 0.3 is 5.97 Å². The van der Waals surface area contributed by atoms with Crippen molar-refractivity contribution >= 4 is 11.9 Å². The minimum atomic E-state index is -0.831. The van der Waals surface area contributed by atoms with Crippen LogP contribution in [-0.2, 0) is 4.79 Å². The summed E-state index contributed by atoms with van der Waals surface area (Å²) >= 11 is 0. The number of aromatic nitrogens is 2. The van der Waals surface area contributed by atoms with Crippen LogP contribution < -0.4 is 5.32 Å². The summed E-state index contributed by atoms with van der Waals surface area (Å²) in [5.41, 5.74) is 0.329. The van der Waals surface area contributed by atoms with Gasteiger partial charge in [-0.05, 0) is 25.8 Å². The van der Waals surface area contributed by atoms with Crippen molar-refractivity contribution in [2.45, 2.75) is 26.2 Å². The van der Waals surface area contributed by atoms with Gasteiger partial charge in [-0.1, -0.05) is 6.42 Å². The van der Waals surface area contributed by atoms with E-state index in [1.807, 2.05) is 0 Å². The average Bonchev–Trinajstić information content (AvgIpc) is 2.62. The van der Waals surface area contributed by atoms with Crippen LogP contribution in [0.3, 0.4) is 0 Å². The molecule has 1 saturated carbocycles. The van der Waals surface area contributed by atoms with Gasteiger partial charge in [0.05, 0.1) is 5.41 Å². The largest absolute Gasteiger partial charge is 0.481 e. The maximum absolute atomic E-state index is 11.7. The Balaban J connectivity index is 1.94. The van der Waals surface area contributed by atoms with Crippen molar-refractivity contribution < 1.29 is 14.7 Å². The van der Waals surface area contributed by atoms with Crippen LogP contribution in [0.2, 0.25) is 0 Å². The number of nitrogens with zero attached hydrogens (tertiary/aromatic N) is 1. The summed E-state index contributed by atoms with van der Waals surface area (Å²) in [5.74, 6) is -1.16. The first-order chi connectivity index (χ1) is 8.03. The van der Waals surface area contributed by atoms with E-state index in [0.29, 0.717) is 18.5 Å². The van der Waals surface area contributed by atoms with Gasteiger partial charge < -0.3 is 10.4 Å². The van der Waals surface area contributed by atoms with Gasteiger partial charge in [-0.15, -0.1) is 0 Å². The Kier molecular flexibility index (Phi) is 2.87. The Bertz CT molecular complexity index is 449. The SMILES string of the molecule is Cc1cc(C(=O)NCC2(C(=O)O)CCC2)n[nH]1. The Labute approximate surface area is 98.4 Å². The first kappa shape index (κ1) is 11.6. The van der Waals surface area contributed by atoms with Gasteiger partial charge in [0.15, 0.2) is 0 Å². The summed E-state index contributed by atoms with van der Waals surface area (Å²) in [7, 11) is 0. The summed E-state index contributed by atoms with van der Waals surface area (Å²) < 4.78 is 0. The Morgan fingerprint density at radius 1 is 1.59 bits per heavy atom. The smallest absolute Gasteiger partial charge is 0.311 e. The number of carbonyl (C=O) groups excluding carboxylic acids is 1. The van der Waals surface area contributed by atoms with Crippen LogP contribution in [0.1, 0.15) is 35.4 Å². The number of carbonyl (C=O) groups is 2. The number of aliphatic carboxylic acids is 1. The molecule has 1 heterocycles. The molecule has 1 amide bonds. The molecule has 0 unspecified atom stereocenters. The fourth-order valence-corrected chi connectivity index (χ4v) is 1.94. The summed E-state index contributed by atoms with van der Waals surface area (Å²) in [5, 5.41) is 18.2. The number of H-pyrrole nitrogens is 1. The number of amides is 1. The van der Waals surface area contributed by atoms with E-state index in [0.717, 1.165) is 12.1 Å². The molecule has 0 spiro atoms. The Morgan fingerprint density at radius 2 is 2.29 bits per heavy atom. The highest BCUT2D eigenvalue weighted by atomic mass is 16.4. The van der Waals surface area contributed by atoms with E-state index in [1.165, 1.54) is 0 Å². The molecule has 17 heavy (non-hydrogen) atoms. The molecule has 1 aliphatic carbocycles. The number of hydrogen-bond acceptors (Lipinski definition) is 3. The molecule has 0 bridgehead atoms. The number of aromatic amines is 1. The maximum atomic E-state index is 11.7. The minimum Gasteiger partial charge on any atom is -0.481 e. The highest BCUT2D eigenvalue weighted by Gasteiger charge is 2.44. The van der Waals surface area contributed by atoms with Crippen LogP contribution >= 0.6 is 0 Å².